The van der Waals surface area contributed by atoms with Crippen LogP contribution in [0.25, 0.3) is 16.5 Å². The van der Waals surface area contributed by atoms with E-state index in [4.69, 9.17) is 0 Å². The van der Waals surface area contributed by atoms with Crippen molar-refractivity contribution in [3.8, 4) is 0 Å². The highest BCUT2D eigenvalue weighted by Gasteiger charge is 2.20. The Kier molecular flexibility index (Phi) is 3.98. The van der Waals surface area contributed by atoms with Crippen LogP contribution in [0.4, 0.5) is 0 Å². The SMILES string of the molecule is O=C(c1ccc(Br)cc1)N1CC=C(c2c[nH]c3ccccc23)CC1. The quantitative estimate of drug-likeness (QED) is 0.676. The van der Waals surface area contributed by atoms with Crippen molar-refractivity contribution in [2.75, 3.05) is 13.1 Å². The molecule has 1 N–H and O–H groups in total. The van der Waals surface area contributed by atoms with Crippen LogP contribution >= 0.6 is 15.9 Å². The number of halogens is 1. The van der Waals surface area contributed by atoms with E-state index in [2.05, 4.69) is 51.4 Å². The van der Waals surface area contributed by atoms with E-state index in [1.165, 1.54) is 16.5 Å². The van der Waals surface area contributed by atoms with Crippen molar-refractivity contribution in [2.45, 2.75) is 6.42 Å². The molecule has 0 unspecified atom stereocenters. The van der Waals surface area contributed by atoms with E-state index in [9.17, 15) is 4.79 Å². The van der Waals surface area contributed by atoms with Gasteiger partial charge >= 0.3 is 0 Å². The molecule has 2 aromatic carbocycles. The Morgan fingerprint density at radius 2 is 1.88 bits per heavy atom. The third-order valence-corrected chi connectivity index (χ3v) is 5.05. The Bertz CT molecular complexity index is 924. The highest BCUT2D eigenvalue weighted by molar-refractivity contribution is 9.10. The molecule has 1 aliphatic heterocycles. The van der Waals surface area contributed by atoms with Crippen LogP contribution in [0.15, 0.2) is 65.3 Å². The molecule has 3 aromatic rings. The average Bonchev–Trinajstić information content (AvgIpc) is 3.06. The van der Waals surface area contributed by atoms with E-state index in [0.717, 1.165) is 28.5 Å². The molecule has 24 heavy (non-hydrogen) atoms. The largest absolute Gasteiger partial charge is 0.361 e. The number of carbonyl (C=O) groups excluding carboxylic acids is 1. The fraction of sp³-hybridized carbons (Fsp3) is 0.150. The zero-order valence-corrected chi connectivity index (χ0v) is 14.7. The van der Waals surface area contributed by atoms with Crippen molar-refractivity contribution in [2.24, 2.45) is 0 Å². The number of rotatable bonds is 2. The summed E-state index contributed by atoms with van der Waals surface area (Å²) in [7, 11) is 0. The van der Waals surface area contributed by atoms with E-state index < -0.39 is 0 Å². The number of para-hydroxylation sites is 1. The lowest BCUT2D eigenvalue weighted by molar-refractivity contribution is 0.0773. The first-order valence-corrected chi connectivity index (χ1v) is 8.82. The van der Waals surface area contributed by atoms with Gasteiger partial charge in [-0.1, -0.05) is 40.2 Å². The number of aromatic amines is 1. The van der Waals surface area contributed by atoms with Crippen LogP contribution in [0, 0.1) is 0 Å². The molecule has 0 aliphatic carbocycles. The summed E-state index contributed by atoms with van der Waals surface area (Å²) in [5, 5.41) is 1.25. The zero-order chi connectivity index (χ0) is 16.5. The molecule has 3 nitrogen and oxygen atoms in total. The monoisotopic (exact) mass is 380 g/mol. The number of carbonyl (C=O) groups is 1. The lowest BCUT2D eigenvalue weighted by Crippen LogP contribution is -2.34. The second-order valence-corrected chi connectivity index (χ2v) is 6.90. The van der Waals surface area contributed by atoms with Gasteiger partial charge in [-0.25, -0.2) is 0 Å². The minimum Gasteiger partial charge on any atom is -0.361 e. The smallest absolute Gasteiger partial charge is 0.254 e. The van der Waals surface area contributed by atoms with Crippen LogP contribution < -0.4 is 0 Å². The normalized spacial score (nSPS) is 14.7. The third-order valence-electron chi connectivity index (χ3n) is 4.52. The molecule has 0 fully saturated rings. The molecule has 0 radical (unpaired) electrons. The number of benzene rings is 2. The Morgan fingerprint density at radius 1 is 1.08 bits per heavy atom. The fourth-order valence-electron chi connectivity index (χ4n) is 3.21. The molecule has 0 spiro atoms. The van der Waals surface area contributed by atoms with Crippen LogP contribution in [0.2, 0.25) is 0 Å². The van der Waals surface area contributed by atoms with Gasteiger partial charge < -0.3 is 9.88 Å². The van der Waals surface area contributed by atoms with Gasteiger partial charge in [0.15, 0.2) is 0 Å². The first kappa shape index (κ1) is 15.2. The Morgan fingerprint density at radius 3 is 2.62 bits per heavy atom. The summed E-state index contributed by atoms with van der Waals surface area (Å²) in [6.45, 7) is 1.41. The van der Waals surface area contributed by atoms with E-state index >= 15 is 0 Å². The first-order valence-electron chi connectivity index (χ1n) is 8.03. The highest BCUT2D eigenvalue weighted by Crippen LogP contribution is 2.29. The maximum Gasteiger partial charge on any atom is 0.254 e. The van der Waals surface area contributed by atoms with Crippen LogP contribution in [0.1, 0.15) is 22.3 Å². The van der Waals surface area contributed by atoms with Gasteiger partial charge in [0, 0.05) is 45.8 Å². The summed E-state index contributed by atoms with van der Waals surface area (Å²) in [5.41, 5.74) is 4.46. The van der Waals surface area contributed by atoms with Crippen LogP contribution in [-0.4, -0.2) is 28.9 Å². The van der Waals surface area contributed by atoms with Gasteiger partial charge in [0.1, 0.15) is 0 Å². The van der Waals surface area contributed by atoms with E-state index in [0.29, 0.717) is 6.54 Å². The van der Waals surface area contributed by atoms with Gasteiger partial charge in [-0.05, 0) is 42.3 Å². The maximum atomic E-state index is 12.6. The van der Waals surface area contributed by atoms with E-state index in [-0.39, 0.29) is 5.91 Å². The number of hydrogen-bond donors (Lipinski definition) is 1. The number of nitrogens with one attached hydrogen (secondary N) is 1. The van der Waals surface area contributed by atoms with Crippen molar-refractivity contribution in [3.63, 3.8) is 0 Å². The van der Waals surface area contributed by atoms with E-state index in [1.807, 2.05) is 35.2 Å². The standard InChI is InChI=1S/C20H17BrN2O/c21-16-7-5-15(6-8-16)20(24)23-11-9-14(10-12-23)18-13-22-19-4-2-1-3-17(18)19/h1-9,13,22H,10-12H2. The second-order valence-electron chi connectivity index (χ2n) is 5.99. The zero-order valence-electron chi connectivity index (χ0n) is 13.1. The summed E-state index contributed by atoms with van der Waals surface area (Å²) in [5.74, 6) is 0.0942. The summed E-state index contributed by atoms with van der Waals surface area (Å²) in [6.07, 6.45) is 5.13. The fourth-order valence-corrected chi connectivity index (χ4v) is 3.47. The summed E-state index contributed by atoms with van der Waals surface area (Å²) in [6, 6.07) is 15.9. The van der Waals surface area contributed by atoms with E-state index in [1.54, 1.807) is 0 Å². The van der Waals surface area contributed by atoms with Crippen molar-refractivity contribution < 1.29 is 4.79 Å². The van der Waals surface area contributed by atoms with Gasteiger partial charge in [-0.15, -0.1) is 0 Å². The molecule has 1 aliphatic rings. The van der Waals surface area contributed by atoms with Crippen LogP contribution in [0.5, 0.6) is 0 Å². The molecule has 0 saturated carbocycles. The Hall–Kier alpha value is -2.33. The minimum atomic E-state index is 0.0942. The molecule has 4 heteroatoms. The number of nitrogens with zero attached hydrogens (tertiary/aromatic N) is 1. The van der Waals surface area contributed by atoms with Crippen molar-refractivity contribution in [1.82, 2.24) is 9.88 Å². The van der Waals surface area contributed by atoms with Gasteiger partial charge in [0.2, 0.25) is 0 Å². The molecule has 1 amide bonds. The number of H-pyrrole nitrogens is 1. The lowest BCUT2D eigenvalue weighted by Gasteiger charge is -2.26. The number of aromatic nitrogens is 1. The number of amides is 1. The third kappa shape index (κ3) is 2.78. The first-order chi connectivity index (χ1) is 11.7. The molecule has 2 heterocycles. The predicted octanol–water partition coefficient (Wildman–Crippen LogP) is 4.86. The molecular formula is C20H17BrN2O. The van der Waals surface area contributed by atoms with Crippen molar-refractivity contribution in [1.29, 1.82) is 0 Å². The Labute approximate surface area is 149 Å². The minimum absolute atomic E-state index is 0.0942. The molecule has 1 aromatic heterocycles. The van der Waals surface area contributed by atoms with Crippen molar-refractivity contribution in [3.05, 3.63) is 76.4 Å². The average molecular weight is 381 g/mol. The van der Waals surface area contributed by atoms with Crippen molar-refractivity contribution >= 4 is 38.3 Å². The number of fused-ring (bicyclic) bond motifs is 1. The molecule has 0 saturated heterocycles. The second kappa shape index (κ2) is 6.29. The van der Waals surface area contributed by atoms with Gasteiger partial charge in [-0.3, -0.25) is 4.79 Å². The van der Waals surface area contributed by atoms with Gasteiger partial charge in [0.05, 0.1) is 0 Å². The summed E-state index contributed by atoms with van der Waals surface area (Å²) in [4.78, 5) is 17.8. The topological polar surface area (TPSA) is 36.1 Å². The molecule has 0 bridgehead atoms. The van der Waals surface area contributed by atoms with Gasteiger partial charge in [-0.2, -0.15) is 0 Å². The van der Waals surface area contributed by atoms with Crippen LogP contribution in [0.3, 0.4) is 0 Å². The van der Waals surface area contributed by atoms with Crippen LogP contribution in [-0.2, 0) is 0 Å². The number of hydrogen-bond acceptors (Lipinski definition) is 1. The molecule has 0 atom stereocenters. The summed E-state index contributed by atoms with van der Waals surface area (Å²) >= 11 is 3.40. The Balaban J connectivity index is 1.55. The lowest BCUT2D eigenvalue weighted by atomic mass is 9.98. The maximum absolute atomic E-state index is 12.6. The highest BCUT2D eigenvalue weighted by atomic mass is 79.9. The molecular weight excluding hydrogens is 364 g/mol. The van der Waals surface area contributed by atoms with Gasteiger partial charge in [0.25, 0.3) is 5.91 Å². The molecule has 4 rings (SSSR count). The molecule has 120 valence electrons. The predicted molar refractivity (Wildman–Crippen MR) is 101 cm³/mol. The summed E-state index contributed by atoms with van der Waals surface area (Å²) < 4.78 is 0.985.